The second-order valence-corrected chi connectivity index (χ2v) is 3.74. The van der Waals surface area contributed by atoms with E-state index in [9.17, 15) is 9.59 Å². The number of amides is 1. The molecule has 0 saturated carbocycles. The number of aliphatic carboxylic acids is 1. The fourth-order valence-electron chi connectivity index (χ4n) is 1.12. The van der Waals surface area contributed by atoms with Gasteiger partial charge < -0.3 is 15.2 Å². The second-order valence-electron chi connectivity index (χ2n) is 3.74. The first-order valence-electron chi connectivity index (χ1n) is 4.97. The molecule has 0 aliphatic carbocycles. The number of carbonyl (C=O) groups excluding carboxylic acids is 1. The van der Waals surface area contributed by atoms with E-state index in [-0.39, 0.29) is 24.8 Å². The Morgan fingerprint density at radius 1 is 1.40 bits per heavy atom. The molecular formula is C10H19NO4. The van der Waals surface area contributed by atoms with Gasteiger partial charge in [-0.1, -0.05) is 13.8 Å². The Bertz CT molecular complexity index is 215. The quantitative estimate of drug-likeness (QED) is 0.651. The van der Waals surface area contributed by atoms with Crippen LogP contribution in [0.25, 0.3) is 0 Å². The van der Waals surface area contributed by atoms with E-state index in [1.54, 1.807) is 0 Å². The minimum atomic E-state index is -0.878. The molecule has 0 rings (SSSR count). The molecule has 0 radical (unpaired) electrons. The monoisotopic (exact) mass is 217 g/mol. The summed E-state index contributed by atoms with van der Waals surface area (Å²) in [6.45, 7) is 4.17. The number of carboxylic acid groups (broad SMARTS) is 1. The molecule has 0 heterocycles. The Morgan fingerprint density at radius 2 is 2.00 bits per heavy atom. The van der Waals surface area contributed by atoms with E-state index in [1.165, 1.54) is 7.11 Å². The number of rotatable bonds is 7. The number of carbonyl (C=O) groups is 2. The normalized spacial score (nSPS) is 12.5. The van der Waals surface area contributed by atoms with Crippen molar-refractivity contribution in [2.24, 2.45) is 11.8 Å². The van der Waals surface area contributed by atoms with Gasteiger partial charge in [0.15, 0.2) is 0 Å². The minimum Gasteiger partial charge on any atom is -0.481 e. The predicted molar refractivity (Wildman–Crippen MR) is 55.5 cm³/mol. The third-order valence-electron chi connectivity index (χ3n) is 2.17. The molecule has 0 saturated heterocycles. The van der Waals surface area contributed by atoms with E-state index in [0.717, 1.165) is 0 Å². The number of ether oxygens (including phenoxy) is 1. The number of hydrogen-bond acceptors (Lipinski definition) is 3. The molecule has 0 fully saturated rings. The molecule has 5 nitrogen and oxygen atoms in total. The summed E-state index contributed by atoms with van der Waals surface area (Å²) in [4.78, 5) is 22.0. The number of nitrogens with one attached hydrogen (secondary N) is 1. The first-order valence-corrected chi connectivity index (χ1v) is 4.97. The standard InChI is InChI=1S/C10H19NO4/c1-7(2)8(10(13)14)6-11-9(12)4-5-15-3/h7-8H,4-6H2,1-3H3,(H,11,12)(H,13,14). The molecule has 0 aliphatic heterocycles. The molecule has 2 N–H and O–H groups in total. The minimum absolute atomic E-state index is 0.00484. The Labute approximate surface area is 89.8 Å². The number of methoxy groups -OCH3 is 1. The molecule has 88 valence electrons. The van der Waals surface area contributed by atoms with Gasteiger partial charge in [-0.05, 0) is 5.92 Å². The third kappa shape index (κ3) is 6.06. The average molecular weight is 217 g/mol. The highest BCUT2D eigenvalue weighted by Crippen LogP contribution is 2.09. The van der Waals surface area contributed by atoms with Gasteiger partial charge in [0, 0.05) is 20.1 Å². The Hall–Kier alpha value is -1.10. The lowest BCUT2D eigenvalue weighted by Gasteiger charge is -2.16. The molecule has 1 unspecified atom stereocenters. The first-order chi connectivity index (χ1) is 6.99. The van der Waals surface area contributed by atoms with Gasteiger partial charge in [-0.2, -0.15) is 0 Å². The van der Waals surface area contributed by atoms with Crippen molar-refractivity contribution in [1.29, 1.82) is 0 Å². The molecule has 0 spiro atoms. The highest BCUT2D eigenvalue weighted by Gasteiger charge is 2.21. The largest absolute Gasteiger partial charge is 0.481 e. The number of carboxylic acids is 1. The van der Waals surface area contributed by atoms with Gasteiger partial charge in [0.25, 0.3) is 0 Å². The van der Waals surface area contributed by atoms with Crippen LogP contribution in [0.3, 0.4) is 0 Å². The predicted octanol–water partition coefficient (Wildman–Crippen LogP) is 0.496. The lowest BCUT2D eigenvalue weighted by Crippen LogP contribution is -2.35. The average Bonchev–Trinajstić information content (AvgIpc) is 2.13. The van der Waals surface area contributed by atoms with Gasteiger partial charge in [-0.15, -0.1) is 0 Å². The molecule has 0 aromatic rings. The Morgan fingerprint density at radius 3 is 2.40 bits per heavy atom. The van der Waals surface area contributed by atoms with Crippen LogP contribution >= 0.6 is 0 Å². The lowest BCUT2D eigenvalue weighted by atomic mass is 9.96. The van der Waals surface area contributed by atoms with Crippen molar-refractivity contribution in [2.45, 2.75) is 20.3 Å². The summed E-state index contributed by atoms with van der Waals surface area (Å²) >= 11 is 0. The highest BCUT2D eigenvalue weighted by atomic mass is 16.5. The van der Waals surface area contributed by atoms with Crippen LogP contribution in [0.5, 0.6) is 0 Å². The lowest BCUT2D eigenvalue weighted by molar-refractivity contribution is -0.143. The second kappa shape index (κ2) is 7.23. The molecule has 0 bridgehead atoms. The van der Waals surface area contributed by atoms with E-state index in [4.69, 9.17) is 9.84 Å². The van der Waals surface area contributed by atoms with Crippen LogP contribution in [0.4, 0.5) is 0 Å². The maximum absolute atomic E-state index is 11.2. The van der Waals surface area contributed by atoms with Crippen molar-refractivity contribution in [1.82, 2.24) is 5.32 Å². The van der Waals surface area contributed by atoms with Crippen molar-refractivity contribution in [3.63, 3.8) is 0 Å². The van der Waals surface area contributed by atoms with Crippen LogP contribution < -0.4 is 5.32 Å². The topological polar surface area (TPSA) is 75.6 Å². The van der Waals surface area contributed by atoms with Crippen molar-refractivity contribution in [2.75, 3.05) is 20.3 Å². The molecule has 0 aromatic heterocycles. The van der Waals surface area contributed by atoms with Crippen molar-refractivity contribution in [3.05, 3.63) is 0 Å². The highest BCUT2D eigenvalue weighted by molar-refractivity contribution is 5.77. The maximum atomic E-state index is 11.2. The summed E-state index contributed by atoms with van der Waals surface area (Å²) in [6, 6.07) is 0. The zero-order valence-corrected chi connectivity index (χ0v) is 9.45. The van der Waals surface area contributed by atoms with Crippen LogP contribution in [0.1, 0.15) is 20.3 Å². The summed E-state index contributed by atoms with van der Waals surface area (Å²) in [5.74, 6) is -1.58. The van der Waals surface area contributed by atoms with E-state index < -0.39 is 11.9 Å². The van der Waals surface area contributed by atoms with Gasteiger partial charge in [0.1, 0.15) is 0 Å². The van der Waals surface area contributed by atoms with Crippen LogP contribution in [0.15, 0.2) is 0 Å². The van der Waals surface area contributed by atoms with E-state index >= 15 is 0 Å². The van der Waals surface area contributed by atoms with Crippen LogP contribution in [-0.4, -0.2) is 37.2 Å². The molecule has 0 aliphatic rings. The fourth-order valence-corrected chi connectivity index (χ4v) is 1.12. The van der Waals surface area contributed by atoms with Crippen molar-refractivity contribution in [3.8, 4) is 0 Å². The Kier molecular flexibility index (Phi) is 6.70. The van der Waals surface area contributed by atoms with Gasteiger partial charge >= 0.3 is 5.97 Å². The number of hydrogen-bond donors (Lipinski definition) is 2. The molecular weight excluding hydrogens is 198 g/mol. The van der Waals surface area contributed by atoms with E-state index in [1.807, 2.05) is 13.8 Å². The summed E-state index contributed by atoms with van der Waals surface area (Å²) in [5.41, 5.74) is 0. The molecule has 5 heteroatoms. The van der Waals surface area contributed by atoms with E-state index in [2.05, 4.69) is 5.32 Å². The summed E-state index contributed by atoms with van der Waals surface area (Å²) in [7, 11) is 1.52. The Balaban J connectivity index is 3.89. The zero-order chi connectivity index (χ0) is 11.8. The fraction of sp³-hybridized carbons (Fsp3) is 0.800. The molecule has 15 heavy (non-hydrogen) atoms. The third-order valence-corrected chi connectivity index (χ3v) is 2.17. The molecule has 0 aromatic carbocycles. The SMILES string of the molecule is COCCC(=O)NCC(C(=O)O)C(C)C. The maximum Gasteiger partial charge on any atom is 0.308 e. The van der Waals surface area contributed by atoms with Crippen molar-refractivity contribution < 1.29 is 19.4 Å². The smallest absolute Gasteiger partial charge is 0.308 e. The molecule has 1 amide bonds. The summed E-state index contributed by atoms with van der Waals surface area (Å²) < 4.78 is 4.74. The van der Waals surface area contributed by atoms with Crippen LogP contribution in [0.2, 0.25) is 0 Å². The zero-order valence-electron chi connectivity index (χ0n) is 9.45. The van der Waals surface area contributed by atoms with Gasteiger partial charge in [0.2, 0.25) is 5.91 Å². The summed E-state index contributed by atoms with van der Waals surface area (Å²) in [6.07, 6.45) is 0.265. The van der Waals surface area contributed by atoms with Gasteiger partial charge in [-0.3, -0.25) is 9.59 Å². The van der Waals surface area contributed by atoms with Gasteiger partial charge in [-0.25, -0.2) is 0 Å². The van der Waals surface area contributed by atoms with Crippen molar-refractivity contribution >= 4 is 11.9 Å². The first kappa shape index (κ1) is 13.9. The molecule has 1 atom stereocenters. The van der Waals surface area contributed by atoms with Crippen LogP contribution in [0, 0.1) is 11.8 Å². The summed E-state index contributed by atoms with van der Waals surface area (Å²) in [5, 5.41) is 11.4. The van der Waals surface area contributed by atoms with E-state index in [0.29, 0.717) is 6.61 Å². The van der Waals surface area contributed by atoms with Crippen LogP contribution in [-0.2, 0) is 14.3 Å². The van der Waals surface area contributed by atoms with Gasteiger partial charge in [0.05, 0.1) is 12.5 Å².